The number of hydrogen-bond acceptors (Lipinski definition) is 3. The van der Waals surface area contributed by atoms with Gasteiger partial charge < -0.3 is 15.2 Å². The number of hydrogen-bond donors (Lipinski definition) is 2. The summed E-state index contributed by atoms with van der Waals surface area (Å²) >= 11 is 0. The lowest BCUT2D eigenvalue weighted by Gasteiger charge is -2.20. The molecule has 132 valence electrons. The van der Waals surface area contributed by atoms with Crippen molar-refractivity contribution in [1.29, 1.82) is 0 Å². The molecule has 0 aliphatic heterocycles. The second-order valence-electron chi connectivity index (χ2n) is 6.44. The molecule has 5 heteroatoms. The van der Waals surface area contributed by atoms with Crippen LogP contribution < -0.4 is 5.32 Å². The van der Waals surface area contributed by atoms with E-state index in [9.17, 15) is 14.7 Å². The van der Waals surface area contributed by atoms with Crippen LogP contribution in [0.4, 0.5) is 5.69 Å². The molecule has 2 aromatic carbocycles. The van der Waals surface area contributed by atoms with Crippen molar-refractivity contribution in [2.24, 2.45) is 0 Å². The largest absolute Gasteiger partial charge is 0.481 e. The molecule has 1 unspecified atom stereocenters. The van der Waals surface area contributed by atoms with Gasteiger partial charge in [-0.2, -0.15) is 0 Å². The molecule has 0 saturated heterocycles. The van der Waals surface area contributed by atoms with Crippen molar-refractivity contribution >= 4 is 17.6 Å². The fraction of sp³-hybridized carbons (Fsp3) is 0.300. The fourth-order valence-corrected chi connectivity index (χ4v) is 2.21. The Morgan fingerprint density at radius 2 is 1.68 bits per heavy atom. The van der Waals surface area contributed by atoms with Crippen molar-refractivity contribution in [1.82, 2.24) is 0 Å². The van der Waals surface area contributed by atoms with E-state index in [0.717, 1.165) is 5.56 Å². The highest BCUT2D eigenvalue weighted by molar-refractivity contribution is 5.94. The van der Waals surface area contributed by atoms with Crippen LogP contribution in [-0.2, 0) is 26.3 Å². The molecule has 0 aliphatic carbocycles. The molecule has 0 aromatic heterocycles. The predicted octanol–water partition coefficient (Wildman–Crippen LogP) is 3.59. The van der Waals surface area contributed by atoms with Crippen molar-refractivity contribution in [3.05, 3.63) is 65.7 Å². The predicted molar refractivity (Wildman–Crippen MR) is 96.4 cm³/mol. The van der Waals surface area contributed by atoms with Gasteiger partial charge in [0, 0.05) is 5.69 Å². The Labute approximate surface area is 147 Å². The summed E-state index contributed by atoms with van der Waals surface area (Å²) in [7, 11) is 0. The van der Waals surface area contributed by atoms with Crippen LogP contribution in [0.15, 0.2) is 54.6 Å². The maximum Gasteiger partial charge on any atom is 0.313 e. The topological polar surface area (TPSA) is 75.6 Å². The number of benzene rings is 2. The van der Waals surface area contributed by atoms with Gasteiger partial charge in [-0.15, -0.1) is 0 Å². The normalized spacial score (nSPS) is 12.4. The minimum absolute atomic E-state index is 0.249. The van der Waals surface area contributed by atoms with E-state index in [0.29, 0.717) is 17.9 Å². The van der Waals surface area contributed by atoms with Gasteiger partial charge in [-0.25, -0.2) is 0 Å². The van der Waals surface area contributed by atoms with E-state index in [-0.39, 0.29) is 5.91 Å². The van der Waals surface area contributed by atoms with E-state index in [1.54, 1.807) is 45.0 Å². The SMILES string of the molecule is CC(OCc1ccccc1)C(=O)Nc1ccc(C(C)(C)C(=O)O)cc1. The van der Waals surface area contributed by atoms with Crippen LogP contribution in [0.25, 0.3) is 0 Å². The Bertz CT molecular complexity index is 723. The Balaban J connectivity index is 1.92. The molecule has 0 bridgehead atoms. The van der Waals surface area contributed by atoms with Crippen molar-refractivity contribution in [2.45, 2.75) is 38.9 Å². The van der Waals surface area contributed by atoms with Crippen molar-refractivity contribution in [3.8, 4) is 0 Å². The zero-order chi connectivity index (χ0) is 18.4. The van der Waals surface area contributed by atoms with Crippen molar-refractivity contribution in [2.75, 3.05) is 5.32 Å². The average Bonchev–Trinajstić information content (AvgIpc) is 2.60. The Morgan fingerprint density at radius 3 is 2.24 bits per heavy atom. The molecule has 1 atom stereocenters. The maximum absolute atomic E-state index is 12.2. The lowest BCUT2D eigenvalue weighted by molar-refractivity contribution is -0.142. The first kappa shape index (κ1) is 18.7. The van der Waals surface area contributed by atoms with E-state index in [2.05, 4.69) is 5.32 Å². The Kier molecular flexibility index (Phi) is 5.93. The second-order valence-corrected chi connectivity index (χ2v) is 6.44. The van der Waals surface area contributed by atoms with Crippen LogP contribution in [0.1, 0.15) is 31.9 Å². The van der Waals surface area contributed by atoms with Crippen LogP contribution in [-0.4, -0.2) is 23.1 Å². The quantitative estimate of drug-likeness (QED) is 0.807. The molecular formula is C20H23NO4. The standard InChI is InChI=1S/C20H23NO4/c1-14(25-13-15-7-5-4-6-8-15)18(22)21-17-11-9-16(10-12-17)20(2,3)19(23)24/h4-12,14H,13H2,1-3H3,(H,21,22)(H,23,24). The summed E-state index contributed by atoms with van der Waals surface area (Å²) in [6, 6.07) is 16.4. The minimum atomic E-state index is -0.978. The van der Waals surface area contributed by atoms with Crippen LogP contribution in [0, 0.1) is 0 Å². The summed E-state index contributed by atoms with van der Waals surface area (Å²) in [4.78, 5) is 23.5. The van der Waals surface area contributed by atoms with Gasteiger partial charge in [0.05, 0.1) is 12.0 Å². The highest BCUT2D eigenvalue weighted by atomic mass is 16.5. The van der Waals surface area contributed by atoms with Crippen LogP contribution in [0.3, 0.4) is 0 Å². The lowest BCUT2D eigenvalue weighted by atomic mass is 9.85. The second kappa shape index (κ2) is 7.94. The number of anilines is 1. The maximum atomic E-state index is 12.2. The number of amides is 1. The summed E-state index contributed by atoms with van der Waals surface area (Å²) in [5.74, 6) is -1.15. The molecular weight excluding hydrogens is 318 g/mol. The summed E-state index contributed by atoms with van der Waals surface area (Å²) in [5, 5.41) is 12.0. The number of carbonyl (C=O) groups is 2. The zero-order valence-corrected chi connectivity index (χ0v) is 14.7. The molecule has 1 amide bonds. The zero-order valence-electron chi connectivity index (χ0n) is 14.7. The third kappa shape index (κ3) is 4.90. The molecule has 5 nitrogen and oxygen atoms in total. The number of aliphatic carboxylic acids is 1. The first-order valence-corrected chi connectivity index (χ1v) is 8.11. The summed E-state index contributed by atoms with van der Waals surface area (Å²) in [5.41, 5.74) is 1.30. The number of ether oxygens (including phenoxy) is 1. The molecule has 0 heterocycles. The third-order valence-electron chi connectivity index (χ3n) is 4.12. The Morgan fingerprint density at radius 1 is 1.08 bits per heavy atom. The molecule has 2 aromatic rings. The highest BCUT2D eigenvalue weighted by Crippen LogP contribution is 2.24. The molecule has 2 N–H and O–H groups in total. The van der Waals surface area contributed by atoms with Crippen molar-refractivity contribution < 1.29 is 19.4 Å². The smallest absolute Gasteiger partial charge is 0.313 e. The number of carboxylic acids is 1. The number of carboxylic acid groups (broad SMARTS) is 1. The monoisotopic (exact) mass is 341 g/mol. The third-order valence-corrected chi connectivity index (χ3v) is 4.12. The lowest BCUT2D eigenvalue weighted by Crippen LogP contribution is -2.29. The van der Waals surface area contributed by atoms with E-state index >= 15 is 0 Å². The fourth-order valence-electron chi connectivity index (χ4n) is 2.21. The molecule has 0 saturated carbocycles. The van der Waals surface area contributed by atoms with Crippen molar-refractivity contribution in [3.63, 3.8) is 0 Å². The summed E-state index contributed by atoms with van der Waals surface area (Å²) in [6.45, 7) is 5.34. The molecule has 0 aliphatic rings. The molecule has 0 fully saturated rings. The van der Waals surface area contributed by atoms with Gasteiger partial charge in [0.15, 0.2) is 0 Å². The summed E-state index contributed by atoms with van der Waals surface area (Å²) < 4.78 is 5.58. The first-order valence-electron chi connectivity index (χ1n) is 8.11. The molecule has 25 heavy (non-hydrogen) atoms. The van der Waals surface area contributed by atoms with Gasteiger partial charge in [-0.1, -0.05) is 42.5 Å². The Hall–Kier alpha value is -2.66. The molecule has 0 spiro atoms. The van der Waals surface area contributed by atoms with E-state index in [4.69, 9.17) is 4.74 Å². The molecule has 0 radical (unpaired) electrons. The number of carbonyl (C=O) groups excluding carboxylic acids is 1. The van der Waals surface area contributed by atoms with Crippen LogP contribution in [0.2, 0.25) is 0 Å². The van der Waals surface area contributed by atoms with Gasteiger partial charge in [-0.05, 0) is 44.0 Å². The minimum Gasteiger partial charge on any atom is -0.481 e. The average molecular weight is 341 g/mol. The molecule has 2 rings (SSSR count). The van der Waals surface area contributed by atoms with Gasteiger partial charge in [0.2, 0.25) is 0 Å². The van der Waals surface area contributed by atoms with Gasteiger partial charge in [-0.3, -0.25) is 9.59 Å². The van der Waals surface area contributed by atoms with Crippen LogP contribution >= 0.6 is 0 Å². The van der Waals surface area contributed by atoms with E-state index < -0.39 is 17.5 Å². The van der Waals surface area contributed by atoms with Gasteiger partial charge in [0.25, 0.3) is 5.91 Å². The van der Waals surface area contributed by atoms with Crippen LogP contribution in [0.5, 0.6) is 0 Å². The summed E-state index contributed by atoms with van der Waals surface area (Å²) in [6.07, 6.45) is -0.602. The number of rotatable bonds is 7. The van der Waals surface area contributed by atoms with Gasteiger partial charge >= 0.3 is 5.97 Å². The number of nitrogens with one attached hydrogen (secondary N) is 1. The highest BCUT2D eigenvalue weighted by Gasteiger charge is 2.29. The first-order chi connectivity index (χ1) is 11.8. The van der Waals surface area contributed by atoms with E-state index in [1.165, 1.54) is 0 Å². The van der Waals surface area contributed by atoms with E-state index in [1.807, 2.05) is 30.3 Å². The van der Waals surface area contributed by atoms with Gasteiger partial charge in [0.1, 0.15) is 6.10 Å².